The third-order valence-corrected chi connectivity index (χ3v) is 5.07. The van der Waals surface area contributed by atoms with Crippen molar-refractivity contribution in [3.05, 3.63) is 69.5 Å². The Labute approximate surface area is 161 Å². The van der Waals surface area contributed by atoms with Crippen LogP contribution >= 0.6 is 11.6 Å². The van der Waals surface area contributed by atoms with Gasteiger partial charge in [0.2, 0.25) is 5.88 Å². The van der Waals surface area contributed by atoms with Crippen molar-refractivity contribution in [2.24, 2.45) is 4.99 Å². The topological polar surface area (TPSA) is 63.8 Å². The smallest absolute Gasteiger partial charge is 0.265 e. The Hall–Kier alpha value is -2.63. The van der Waals surface area contributed by atoms with Crippen LogP contribution in [0.5, 0.6) is 5.88 Å². The van der Waals surface area contributed by atoms with Gasteiger partial charge >= 0.3 is 0 Å². The van der Waals surface area contributed by atoms with Crippen molar-refractivity contribution in [2.45, 2.75) is 18.9 Å². The molecule has 0 bridgehead atoms. The summed E-state index contributed by atoms with van der Waals surface area (Å²) < 4.78 is 6.82. The zero-order chi connectivity index (χ0) is 18.8. The van der Waals surface area contributed by atoms with Gasteiger partial charge in [-0.3, -0.25) is 9.79 Å². The first kappa shape index (κ1) is 17.8. The first-order valence-corrected chi connectivity index (χ1v) is 9.27. The van der Waals surface area contributed by atoms with Crippen molar-refractivity contribution in [3.63, 3.8) is 0 Å². The summed E-state index contributed by atoms with van der Waals surface area (Å²) in [6, 6.07) is 14.1. The van der Waals surface area contributed by atoms with Crippen LogP contribution in [-0.2, 0) is 4.74 Å². The molecule has 1 atom stereocenters. The van der Waals surface area contributed by atoms with Gasteiger partial charge in [0.05, 0.1) is 28.9 Å². The van der Waals surface area contributed by atoms with Crippen molar-refractivity contribution >= 4 is 28.6 Å². The van der Waals surface area contributed by atoms with Crippen LogP contribution in [0.1, 0.15) is 18.4 Å². The predicted molar refractivity (Wildman–Crippen MR) is 108 cm³/mol. The van der Waals surface area contributed by atoms with Crippen LogP contribution in [-0.4, -0.2) is 35.1 Å². The summed E-state index contributed by atoms with van der Waals surface area (Å²) in [5.41, 5.74) is 0.594. The van der Waals surface area contributed by atoms with E-state index >= 15 is 0 Å². The largest absolute Gasteiger partial charge is 0.494 e. The van der Waals surface area contributed by atoms with Gasteiger partial charge in [-0.25, -0.2) is 4.57 Å². The Morgan fingerprint density at radius 2 is 1.93 bits per heavy atom. The summed E-state index contributed by atoms with van der Waals surface area (Å²) in [4.78, 5) is 17.5. The minimum atomic E-state index is -0.326. The molecule has 0 amide bonds. The van der Waals surface area contributed by atoms with Crippen LogP contribution in [0.4, 0.5) is 0 Å². The molecule has 1 unspecified atom stereocenters. The number of fused-ring (bicyclic) bond motifs is 1. The summed E-state index contributed by atoms with van der Waals surface area (Å²) >= 11 is 6.28. The molecule has 1 aliphatic rings. The molecule has 1 aromatic heterocycles. The van der Waals surface area contributed by atoms with Gasteiger partial charge in [0, 0.05) is 23.6 Å². The number of rotatable bonds is 4. The molecule has 3 aromatic rings. The number of benzene rings is 2. The maximum atomic E-state index is 13.0. The third-order valence-electron chi connectivity index (χ3n) is 4.75. The van der Waals surface area contributed by atoms with Gasteiger partial charge < -0.3 is 9.84 Å². The number of aliphatic imine (C=N–C) groups is 1. The fraction of sp³-hybridized carbons (Fsp3) is 0.238. The molecule has 1 saturated heterocycles. The fourth-order valence-electron chi connectivity index (χ4n) is 3.40. The third kappa shape index (κ3) is 3.36. The zero-order valence-corrected chi connectivity index (χ0v) is 15.4. The fourth-order valence-corrected chi connectivity index (χ4v) is 3.62. The highest BCUT2D eigenvalue weighted by Crippen LogP contribution is 2.28. The minimum Gasteiger partial charge on any atom is -0.494 e. The van der Waals surface area contributed by atoms with E-state index in [1.165, 1.54) is 4.57 Å². The summed E-state index contributed by atoms with van der Waals surface area (Å²) in [5.74, 6) is -0.178. The molecule has 1 fully saturated rings. The molecule has 138 valence electrons. The molecular weight excluding hydrogens is 364 g/mol. The molecule has 0 aliphatic carbocycles. The Morgan fingerprint density at radius 1 is 1.19 bits per heavy atom. The number of halogens is 1. The molecule has 27 heavy (non-hydrogen) atoms. The highest BCUT2D eigenvalue weighted by molar-refractivity contribution is 6.32. The SMILES string of the molecule is O=c1c2ccccc2c(C=NCC2CCCO2)c(O)n1-c1ccccc1Cl. The van der Waals surface area contributed by atoms with E-state index in [1.54, 1.807) is 48.7 Å². The van der Waals surface area contributed by atoms with Crippen molar-refractivity contribution in [1.82, 2.24) is 4.57 Å². The molecule has 0 saturated carbocycles. The van der Waals surface area contributed by atoms with E-state index in [2.05, 4.69) is 4.99 Å². The normalized spacial score (nSPS) is 17.1. The van der Waals surface area contributed by atoms with Crippen LogP contribution < -0.4 is 5.56 Å². The van der Waals surface area contributed by atoms with Gasteiger partial charge in [0.15, 0.2) is 0 Å². The van der Waals surface area contributed by atoms with Crippen LogP contribution in [0.2, 0.25) is 5.02 Å². The molecule has 2 aromatic carbocycles. The van der Waals surface area contributed by atoms with Crippen LogP contribution in [0.15, 0.2) is 58.3 Å². The van der Waals surface area contributed by atoms with Crippen LogP contribution in [0.3, 0.4) is 0 Å². The van der Waals surface area contributed by atoms with Gasteiger partial charge in [0.25, 0.3) is 5.56 Å². The van der Waals surface area contributed by atoms with E-state index in [9.17, 15) is 9.90 Å². The standard InChI is InChI=1S/C21H19ClN2O3/c22-18-9-3-4-10-19(18)24-20(25)16-8-2-1-7-15(16)17(21(24)26)13-23-12-14-6-5-11-27-14/h1-4,7-10,13-14,26H,5-6,11-12H2. The first-order chi connectivity index (χ1) is 13.2. The lowest BCUT2D eigenvalue weighted by atomic mass is 10.1. The lowest BCUT2D eigenvalue weighted by Gasteiger charge is -2.14. The summed E-state index contributed by atoms with van der Waals surface area (Å²) in [7, 11) is 0. The second-order valence-corrected chi connectivity index (χ2v) is 6.91. The number of aromatic hydroxyl groups is 1. The van der Waals surface area contributed by atoms with Crippen molar-refractivity contribution in [2.75, 3.05) is 13.2 Å². The number of ether oxygens (including phenoxy) is 1. The zero-order valence-electron chi connectivity index (χ0n) is 14.6. The van der Waals surface area contributed by atoms with Gasteiger partial charge in [-0.15, -0.1) is 0 Å². The lowest BCUT2D eigenvalue weighted by molar-refractivity contribution is 0.118. The Kier molecular flexibility index (Phi) is 4.97. The molecule has 0 radical (unpaired) electrons. The molecule has 1 aliphatic heterocycles. The quantitative estimate of drug-likeness (QED) is 0.695. The van der Waals surface area contributed by atoms with E-state index < -0.39 is 0 Å². The number of aromatic nitrogens is 1. The highest BCUT2D eigenvalue weighted by atomic mass is 35.5. The molecule has 4 rings (SSSR count). The van der Waals surface area contributed by atoms with Crippen molar-refractivity contribution in [1.29, 1.82) is 0 Å². The minimum absolute atomic E-state index is 0.115. The average Bonchev–Trinajstić information content (AvgIpc) is 3.19. The number of hydrogen-bond acceptors (Lipinski definition) is 4. The van der Waals surface area contributed by atoms with Gasteiger partial charge in [-0.05, 0) is 31.0 Å². The number of pyridine rings is 1. The molecule has 1 N–H and O–H groups in total. The van der Waals surface area contributed by atoms with E-state index in [0.717, 1.165) is 19.4 Å². The second-order valence-electron chi connectivity index (χ2n) is 6.50. The number of hydrogen-bond donors (Lipinski definition) is 1. The molecule has 0 spiro atoms. The Bertz CT molecular complexity index is 1070. The second kappa shape index (κ2) is 7.55. The average molecular weight is 383 g/mol. The summed E-state index contributed by atoms with van der Waals surface area (Å²) in [6.45, 7) is 1.30. The Balaban J connectivity index is 1.88. The van der Waals surface area contributed by atoms with Crippen molar-refractivity contribution < 1.29 is 9.84 Å². The first-order valence-electron chi connectivity index (χ1n) is 8.90. The van der Waals surface area contributed by atoms with Crippen molar-refractivity contribution in [3.8, 4) is 11.6 Å². The monoisotopic (exact) mass is 382 g/mol. The molecular formula is C21H19ClN2O3. The highest BCUT2D eigenvalue weighted by Gasteiger charge is 2.18. The van der Waals surface area contributed by atoms with E-state index in [1.807, 2.05) is 6.07 Å². The van der Waals surface area contributed by atoms with E-state index in [4.69, 9.17) is 16.3 Å². The number of nitrogens with zero attached hydrogens (tertiary/aromatic N) is 2. The van der Waals surface area contributed by atoms with Crippen LogP contribution in [0, 0.1) is 0 Å². The van der Waals surface area contributed by atoms with Crippen LogP contribution in [0.25, 0.3) is 16.5 Å². The van der Waals surface area contributed by atoms with Gasteiger partial charge in [-0.1, -0.05) is 41.9 Å². The maximum absolute atomic E-state index is 13.0. The molecule has 2 heterocycles. The van der Waals surface area contributed by atoms with Gasteiger partial charge in [-0.2, -0.15) is 0 Å². The summed E-state index contributed by atoms with van der Waals surface area (Å²) in [5, 5.41) is 12.4. The number of para-hydroxylation sites is 1. The van der Waals surface area contributed by atoms with Gasteiger partial charge in [0.1, 0.15) is 0 Å². The van der Waals surface area contributed by atoms with E-state index in [-0.39, 0.29) is 17.5 Å². The maximum Gasteiger partial charge on any atom is 0.265 e. The predicted octanol–water partition coefficient (Wildman–Crippen LogP) is 3.95. The van der Waals surface area contributed by atoms with E-state index in [0.29, 0.717) is 33.6 Å². The molecule has 5 nitrogen and oxygen atoms in total. The molecule has 6 heteroatoms. The Morgan fingerprint density at radius 3 is 2.67 bits per heavy atom. The summed E-state index contributed by atoms with van der Waals surface area (Å²) in [6.07, 6.45) is 3.77. The lowest BCUT2D eigenvalue weighted by Crippen LogP contribution is -2.20.